The SMILES string of the molecule is CCOC(=O)c1c(F)cc2c(c1-c1c(Cl)cccc1Cl)OC(C(=O)O)O2. The topological polar surface area (TPSA) is 82.1 Å². The number of benzene rings is 2. The molecule has 1 atom stereocenters. The molecule has 3 rings (SSSR count). The third kappa shape index (κ3) is 3.04. The second-order valence-electron chi connectivity index (χ2n) is 5.16. The number of hydrogen-bond acceptors (Lipinski definition) is 5. The van der Waals surface area contributed by atoms with Gasteiger partial charge in [0.1, 0.15) is 11.4 Å². The molecule has 2 aromatic carbocycles. The summed E-state index contributed by atoms with van der Waals surface area (Å²) in [5.74, 6) is -3.72. The average Bonchev–Trinajstić information content (AvgIpc) is 2.98. The van der Waals surface area contributed by atoms with E-state index in [0.717, 1.165) is 6.07 Å². The van der Waals surface area contributed by atoms with Crippen LogP contribution in [0.1, 0.15) is 17.3 Å². The molecule has 1 N–H and O–H groups in total. The highest BCUT2D eigenvalue weighted by Gasteiger charge is 2.38. The molecular weight excluding hydrogens is 390 g/mol. The first kappa shape index (κ1) is 18.3. The number of ether oxygens (including phenoxy) is 3. The quantitative estimate of drug-likeness (QED) is 0.775. The Morgan fingerprint density at radius 1 is 1.23 bits per heavy atom. The number of rotatable bonds is 4. The minimum Gasteiger partial charge on any atom is -0.476 e. The first-order chi connectivity index (χ1) is 12.3. The second kappa shape index (κ2) is 7.01. The molecule has 0 saturated heterocycles. The van der Waals surface area contributed by atoms with Crippen LogP contribution in [-0.2, 0) is 9.53 Å². The van der Waals surface area contributed by atoms with Gasteiger partial charge in [0.2, 0.25) is 0 Å². The maximum Gasteiger partial charge on any atom is 0.387 e. The van der Waals surface area contributed by atoms with Crippen molar-refractivity contribution in [1.29, 1.82) is 0 Å². The van der Waals surface area contributed by atoms with Crippen LogP contribution in [0.3, 0.4) is 0 Å². The molecule has 0 spiro atoms. The Bertz CT molecular complexity index is 894. The lowest BCUT2D eigenvalue weighted by Gasteiger charge is -2.15. The first-order valence-corrected chi connectivity index (χ1v) is 8.14. The van der Waals surface area contributed by atoms with Gasteiger partial charge in [-0.1, -0.05) is 29.3 Å². The number of carboxylic acid groups (broad SMARTS) is 1. The summed E-state index contributed by atoms with van der Waals surface area (Å²) in [7, 11) is 0. The normalized spacial score (nSPS) is 15.0. The highest BCUT2D eigenvalue weighted by molar-refractivity contribution is 6.39. The van der Waals surface area contributed by atoms with Crippen molar-refractivity contribution in [3.05, 3.63) is 45.7 Å². The number of fused-ring (bicyclic) bond motifs is 1. The Kier molecular flexibility index (Phi) is 4.93. The van der Waals surface area contributed by atoms with E-state index in [2.05, 4.69) is 0 Å². The molecule has 0 radical (unpaired) electrons. The predicted octanol–water partition coefficient (Wildman–Crippen LogP) is 4.16. The van der Waals surface area contributed by atoms with E-state index in [-0.39, 0.29) is 39.3 Å². The van der Waals surface area contributed by atoms with Crippen LogP contribution in [0, 0.1) is 5.82 Å². The molecule has 0 fully saturated rings. The van der Waals surface area contributed by atoms with E-state index in [4.69, 9.17) is 42.5 Å². The van der Waals surface area contributed by atoms with Gasteiger partial charge in [0, 0.05) is 17.2 Å². The number of carbonyl (C=O) groups is 2. The molecule has 1 aliphatic rings. The summed E-state index contributed by atoms with van der Waals surface area (Å²) in [5, 5.41) is 9.32. The van der Waals surface area contributed by atoms with E-state index in [1.165, 1.54) is 12.1 Å². The third-order valence-electron chi connectivity index (χ3n) is 3.55. The smallest absolute Gasteiger partial charge is 0.387 e. The van der Waals surface area contributed by atoms with Crippen LogP contribution in [0.4, 0.5) is 4.39 Å². The van der Waals surface area contributed by atoms with Crippen LogP contribution in [-0.4, -0.2) is 29.9 Å². The summed E-state index contributed by atoms with van der Waals surface area (Å²) < 4.78 is 30.0. The fourth-order valence-electron chi connectivity index (χ4n) is 2.54. The number of halogens is 3. The maximum atomic E-state index is 14.7. The molecule has 1 aliphatic heterocycles. The standard InChI is InChI=1S/C17H11Cl2FO6/c1-2-24-16(23)12-9(20)6-10-14(26-17(25-10)15(21)22)13(12)11-7(18)4-3-5-8(11)19/h3-6,17H,2H2,1H3,(H,21,22). The highest BCUT2D eigenvalue weighted by Crippen LogP contribution is 2.50. The number of esters is 1. The Balaban J connectivity index is 2.33. The lowest BCUT2D eigenvalue weighted by molar-refractivity contribution is -0.154. The zero-order valence-corrected chi connectivity index (χ0v) is 14.7. The number of carboxylic acids is 1. The molecule has 1 heterocycles. The van der Waals surface area contributed by atoms with Gasteiger partial charge in [-0.3, -0.25) is 0 Å². The van der Waals surface area contributed by atoms with Gasteiger partial charge >= 0.3 is 18.2 Å². The monoisotopic (exact) mass is 400 g/mol. The Labute approximate surface area is 157 Å². The first-order valence-electron chi connectivity index (χ1n) is 7.39. The van der Waals surface area contributed by atoms with Crippen LogP contribution >= 0.6 is 23.2 Å². The number of hydrogen-bond donors (Lipinski definition) is 1. The average molecular weight is 401 g/mol. The van der Waals surface area contributed by atoms with Crippen LogP contribution in [0.15, 0.2) is 24.3 Å². The van der Waals surface area contributed by atoms with Gasteiger partial charge in [0.05, 0.1) is 16.7 Å². The largest absolute Gasteiger partial charge is 0.476 e. The molecule has 0 bridgehead atoms. The summed E-state index contributed by atoms with van der Waals surface area (Å²) >= 11 is 12.4. The lowest BCUT2D eigenvalue weighted by Crippen LogP contribution is -2.28. The Morgan fingerprint density at radius 3 is 2.46 bits per heavy atom. The van der Waals surface area contributed by atoms with E-state index in [9.17, 15) is 14.0 Å². The fraction of sp³-hybridized carbons (Fsp3) is 0.176. The fourth-order valence-corrected chi connectivity index (χ4v) is 3.13. The summed E-state index contributed by atoms with van der Waals surface area (Å²) in [6, 6.07) is 5.40. The van der Waals surface area contributed by atoms with Crippen LogP contribution in [0.2, 0.25) is 10.0 Å². The summed E-state index contributed by atoms with van der Waals surface area (Å²) in [6.07, 6.45) is -1.69. The van der Waals surface area contributed by atoms with Crippen molar-refractivity contribution in [1.82, 2.24) is 0 Å². The minimum atomic E-state index is -1.69. The van der Waals surface area contributed by atoms with Crippen molar-refractivity contribution in [2.45, 2.75) is 13.2 Å². The maximum absolute atomic E-state index is 14.7. The van der Waals surface area contributed by atoms with Gasteiger partial charge in [0.15, 0.2) is 11.5 Å². The molecule has 0 amide bonds. The van der Waals surface area contributed by atoms with Crippen molar-refractivity contribution in [2.24, 2.45) is 0 Å². The van der Waals surface area contributed by atoms with Crippen molar-refractivity contribution >= 4 is 35.1 Å². The Morgan fingerprint density at radius 2 is 1.88 bits per heavy atom. The molecule has 136 valence electrons. The lowest BCUT2D eigenvalue weighted by atomic mass is 9.97. The summed E-state index contributed by atoms with van der Waals surface area (Å²) in [5.41, 5.74) is -0.502. The van der Waals surface area contributed by atoms with Gasteiger partial charge in [-0.05, 0) is 19.1 Å². The molecule has 0 aliphatic carbocycles. The second-order valence-corrected chi connectivity index (χ2v) is 5.97. The third-order valence-corrected chi connectivity index (χ3v) is 4.18. The van der Waals surface area contributed by atoms with Crippen LogP contribution in [0.25, 0.3) is 11.1 Å². The van der Waals surface area contributed by atoms with Gasteiger partial charge in [0.25, 0.3) is 0 Å². The van der Waals surface area contributed by atoms with Gasteiger partial charge in [-0.2, -0.15) is 0 Å². The number of carbonyl (C=O) groups excluding carboxylic acids is 1. The van der Waals surface area contributed by atoms with E-state index in [0.29, 0.717) is 0 Å². The zero-order chi connectivity index (χ0) is 19.0. The van der Waals surface area contributed by atoms with Crippen molar-refractivity contribution in [3.8, 4) is 22.6 Å². The van der Waals surface area contributed by atoms with Gasteiger partial charge in [-0.15, -0.1) is 0 Å². The van der Waals surface area contributed by atoms with E-state index in [1.807, 2.05) is 0 Å². The zero-order valence-electron chi connectivity index (χ0n) is 13.2. The Hall–Kier alpha value is -2.51. The molecule has 1 unspecified atom stereocenters. The highest BCUT2D eigenvalue weighted by atomic mass is 35.5. The molecule has 2 aromatic rings. The van der Waals surface area contributed by atoms with Crippen LogP contribution in [0.5, 0.6) is 11.5 Å². The summed E-state index contributed by atoms with van der Waals surface area (Å²) in [6.45, 7) is 1.56. The van der Waals surface area contributed by atoms with Gasteiger partial charge < -0.3 is 19.3 Å². The van der Waals surface area contributed by atoms with E-state index in [1.54, 1.807) is 13.0 Å². The van der Waals surface area contributed by atoms with Crippen LogP contribution < -0.4 is 9.47 Å². The van der Waals surface area contributed by atoms with Crippen molar-refractivity contribution in [3.63, 3.8) is 0 Å². The predicted molar refractivity (Wildman–Crippen MR) is 90.5 cm³/mol. The molecule has 0 saturated carbocycles. The minimum absolute atomic E-state index is 0.000159. The van der Waals surface area contributed by atoms with Crippen molar-refractivity contribution in [2.75, 3.05) is 6.61 Å². The number of aliphatic carboxylic acids is 1. The van der Waals surface area contributed by atoms with E-state index >= 15 is 0 Å². The molecule has 9 heteroatoms. The van der Waals surface area contributed by atoms with Gasteiger partial charge in [-0.25, -0.2) is 14.0 Å². The molecule has 0 aromatic heterocycles. The molecule has 26 heavy (non-hydrogen) atoms. The van der Waals surface area contributed by atoms with E-state index < -0.39 is 29.6 Å². The molecule has 6 nitrogen and oxygen atoms in total. The molecular formula is C17H11Cl2FO6. The summed E-state index contributed by atoms with van der Waals surface area (Å²) in [4.78, 5) is 23.5. The van der Waals surface area contributed by atoms with Crippen molar-refractivity contribution < 1.29 is 33.3 Å².